The topological polar surface area (TPSA) is 45.1 Å². The molecule has 1 saturated carbocycles. The van der Waals surface area contributed by atoms with E-state index in [4.69, 9.17) is 0 Å². The van der Waals surface area contributed by atoms with Gasteiger partial charge in [-0.2, -0.15) is 13.2 Å². The summed E-state index contributed by atoms with van der Waals surface area (Å²) < 4.78 is 37.6. The van der Waals surface area contributed by atoms with Crippen LogP contribution in [0, 0.1) is 5.92 Å². The highest BCUT2D eigenvalue weighted by molar-refractivity contribution is 5.35. The van der Waals surface area contributed by atoms with Gasteiger partial charge in [0.1, 0.15) is 11.5 Å². The Balaban J connectivity index is 1.76. The van der Waals surface area contributed by atoms with Crippen LogP contribution in [-0.4, -0.2) is 22.7 Å². The largest absolute Gasteiger partial charge is 0.433 e. The number of aromatic nitrogens is 1. The minimum absolute atomic E-state index is 0.217. The lowest BCUT2D eigenvalue weighted by atomic mass is 9.83. The Morgan fingerprint density at radius 2 is 2.00 bits per heavy atom. The number of hydrogen-bond acceptors (Lipinski definition) is 3. The summed E-state index contributed by atoms with van der Waals surface area (Å²) in [4.78, 5) is 3.56. The van der Waals surface area contributed by atoms with Gasteiger partial charge in [0, 0.05) is 6.54 Å². The highest BCUT2D eigenvalue weighted by Crippen LogP contribution is 2.29. The molecule has 1 fully saturated rings. The number of nitrogens with one attached hydrogen (secondary N) is 1. The van der Waals surface area contributed by atoms with Crippen molar-refractivity contribution in [1.29, 1.82) is 0 Å². The fourth-order valence-corrected chi connectivity index (χ4v) is 2.80. The van der Waals surface area contributed by atoms with Gasteiger partial charge in [-0.15, -0.1) is 0 Å². The molecule has 3 nitrogen and oxygen atoms in total. The fraction of sp³-hybridized carbons (Fsp3) is 0.667. The maximum atomic E-state index is 12.5. The summed E-state index contributed by atoms with van der Waals surface area (Å²) in [6.07, 6.45) is 1.24. The molecule has 2 atom stereocenters. The molecule has 0 amide bonds. The van der Waals surface area contributed by atoms with Crippen LogP contribution in [-0.2, 0) is 6.18 Å². The number of aliphatic hydroxyl groups is 1. The van der Waals surface area contributed by atoms with E-state index in [1.54, 1.807) is 0 Å². The van der Waals surface area contributed by atoms with E-state index in [-0.39, 0.29) is 11.9 Å². The number of rotatable bonds is 5. The smallest absolute Gasteiger partial charge is 0.393 e. The molecule has 0 aliphatic heterocycles. The molecule has 0 saturated heterocycles. The zero-order valence-electron chi connectivity index (χ0n) is 11.9. The SMILES string of the molecule is OC1CCCCC1CCCNc1cccc(C(F)(F)F)n1. The summed E-state index contributed by atoms with van der Waals surface area (Å²) in [5.41, 5.74) is -0.879. The van der Waals surface area contributed by atoms with Crippen molar-refractivity contribution < 1.29 is 18.3 Å². The summed E-state index contributed by atoms with van der Waals surface area (Å²) >= 11 is 0. The van der Waals surface area contributed by atoms with E-state index in [1.165, 1.54) is 12.1 Å². The summed E-state index contributed by atoms with van der Waals surface area (Å²) in [5.74, 6) is 0.573. The lowest BCUT2D eigenvalue weighted by Crippen LogP contribution is -2.24. The molecule has 6 heteroatoms. The molecule has 118 valence electrons. The molecule has 0 radical (unpaired) electrons. The fourth-order valence-electron chi connectivity index (χ4n) is 2.80. The van der Waals surface area contributed by atoms with Crippen molar-refractivity contribution in [3.05, 3.63) is 23.9 Å². The third-order valence-corrected chi connectivity index (χ3v) is 3.97. The van der Waals surface area contributed by atoms with E-state index in [9.17, 15) is 18.3 Å². The van der Waals surface area contributed by atoms with Gasteiger partial charge >= 0.3 is 6.18 Å². The van der Waals surface area contributed by atoms with Crippen molar-refractivity contribution in [3.63, 3.8) is 0 Å². The molecular weight excluding hydrogens is 281 g/mol. The number of hydrogen-bond donors (Lipinski definition) is 2. The van der Waals surface area contributed by atoms with Crippen molar-refractivity contribution in [1.82, 2.24) is 4.98 Å². The first-order chi connectivity index (χ1) is 9.97. The van der Waals surface area contributed by atoms with Gasteiger partial charge < -0.3 is 10.4 Å². The van der Waals surface area contributed by atoms with Crippen molar-refractivity contribution in [3.8, 4) is 0 Å². The predicted molar refractivity (Wildman–Crippen MR) is 74.9 cm³/mol. The molecular formula is C15H21F3N2O. The van der Waals surface area contributed by atoms with Crippen LogP contribution in [0.3, 0.4) is 0 Å². The second kappa shape index (κ2) is 7.11. The van der Waals surface area contributed by atoms with Crippen LogP contribution < -0.4 is 5.32 Å². The molecule has 0 aromatic carbocycles. The molecule has 2 rings (SSSR count). The summed E-state index contributed by atoms with van der Waals surface area (Å²) in [6, 6.07) is 3.84. The Labute approximate surface area is 122 Å². The summed E-state index contributed by atoms with van der Waals surface area (Å²) in [5, 5.41) is 12.8. The number of nitrogens with zero attached hydrogens (tertiary/aromatic N) is 1. The van der Waals surface area contributed by atoms with E-state index in [0.29, 0.717) is 12.5 Å². The van der Waals surface area contributed by atoms with Crippen LogP contribution in [0.25, 0.3) is 0 Å². The minimum atomic E-state index is -4.41. The van der Waals surface area contributed by atoms with Crippen LogP contribution in [0.2, 0.25) is 0 Å². The number of alkyl halides is 3. The number of anilines is 1. The van der Waals surface area contributed by atoms with Crippen LogP contribution in [0.5, 0.6) is 0 Å². The molecule has 1 aromatic heterocycles. The molecule has 0 bridgehead atoms. The Morgan fingerprint density at radius 1 is 1.24 bits per heavy atom. The van der Waals surface area contributed by atoms with Gasteiger partial charge in [-0.25, -0.2) is 4.98 Å². The van der Waals surface area contributed by atoms with Gasteiger partial charge in [-0.3, -0.25) is 0 Å². The van der Waals surface area contributed by atoms with Crippen LogP contribution in [0.15, 0.2) is 18.2 Å². The Kier molecular flexibility index (Phi) is 5.45. The molecule has 21 heavy (non-hydrogen) atoms. The summed E-state index contributed by atoms with van der Waals surface area (Å²) in [6.45, 7) is 0.567. The second-order valence-corrected chi connectivity index (χ2v) is 5.59. The molecule has 2 N–H and O–H groups in total. The zero-order valence-corrected chi connectivity index (χ0v) is 11.9. The van der Waals surface area contributed by atoms with E-state index in [1.807, 2.05) is 0 Å². The number of halogens is 3. The predicted octanol–water partition coefficient (Wildman–Crippen LogP) is 3.84. The Morgan fingerprint density at radius 3 is 2.71 bits per heavy atom. The molecule has 2 unspecified atom stereocenters. The lowest BCUT2D eigenvalue weighted by Gasteiger charge is -2.27. The van der Waals surface area contributed by atoms with Gasteiger partial charge in [0.25, 0.3) is 0 Å². The average molecular weight is 302 g/mol. The van der Waals surface area contributed by atoms with Crippen LogP contribution in [0.1, 0.15) is 44.2 Å². The van der Waals surface area contributed by atoms with Crippen molar-refractivity contribution in [2.45, 2.75) is 50.8 Å². The van der Waals surface area contributed by atoms with Gasteiger partial charge in [-0.05, 0) is 43.7 Å². The maximum Gasteiger partial charge on any atom is 0.433 e. The van der Waals surface area contributed by atoms with Gasteiger partial charge in [0.15, 0.2) is 0 Å². The molecule has 1 aliphatic carbocycles. The number of aliphatic hydroxyl groups excluding tert-OH is 1. The molecule has 1 aliphatic rings. The highest BCUT2D eigenvalue weighted by atomic mass is 19.4. The zero-order chi connectivity index (χ0) is 15.3. The second-order valence-electron chi connectivity index (χ2n) is 5.59. The quantitative estimate of drug-likeness (QED) is 0.812. The number of pyridine rings is 1. The first kappa shape index (κ1) is 16.1. The molecule has 0 spiro atoms. The lowest BCUT2D eigenvalue weighted by molar-refractivity contribution is -0.141. The highest BCUT2D eigenvalue weighted by Gasteiger charge is 2.32. The average Bonchev–Trinajstić information content (AvgIpc) is 2.45. The first-order valence-corrected chi connectivity index (χ1v) is 7.43. The third kappa shape index (κ3) is 4.88. The van der Waals surface area contributed by atoms with Crippen LogP contribution >= 0.6 is 0 Å². The van der Waals surface area contributed by atoms with Gasteiger partial charge in [0.2, 0.25) is 0 Å². The Bertz CT molecular complexity index is 451. The minimum Gasteiger partial charge on any atom is -0.393 e. The van der Waals surface area contributed by atoms with Crippen molar-refractivity contribution in [2.75, 3.05) is 11.9 Å². The van der Waals surface area contributed by atoms with Crippen molar-refractivity contribution in [2.24, 2.45) is 5.92 Å². The normalized spacial score (nSPS) is 23.0. The standard InChI is InChI=1S/C15H21F3N2O/c16-15(17,18)13-8-3-9-14(20-13)19-10-4-6-11-5-1-2-7-12(11)21/h3,8-9,11-12,21H,1-2,4-7,10H2,(H,19,20). The van der Waals surface area contributed by atoms with Gasteiger partial charge in [-0.1, -0.05) is 18.9 Å². The maximum absolute atomic E-state index is 12.5. The van der Waals surface area contributed by atoms with E-state index < -0.39 is 11.9 Å². The monoisotopic (exact) mass is 302 g/mol. The van der Waals surface area contributed by atoms with E-state index in [2.05, 4.69) is 10.3 Å². The molecule has 1 aromatic rings. The van der Waals surface area contributed by atoms with Crippen molar-refractivity contribution >= 4 is 5.82 Å². The third-order valence-electron chi connectivity index (χ3n) is 3.97. The molecule has 1 heterocycles. The van der Waals surface area contributed by atoms with Gasteiger partial charge in [0.05, 0.1) is 6.10 Å². The van der Waals surface area contributed by atoms with E-state index in [0.717, 1.165) is 44.6 Å². The Hall–Kier alpha value is -1.30. The summed E-state index contributed by atoms with van der Waals surface area (Å²) in [7, 11) is 0. The van der Waals surface area contributed by atoms with E-state index >= 15 is 0 Å². The first-order valence-electron chi connectivity index (χ1n) is 7.43. The van der Waals surface area contributed by atoms with Crippen LogP contribution in [0.4, 0.5) is 19.0 Å².